The highest BCUT2D eigenvalue weighted by molar-refractivity contribution is 7.80. The lowest BCUT2D eigenvalue weighted by Gasteiger charge is -2.26. The van der Waals surface area contributed by atoms with E-state index in [4.69, 9.17) is 16.6 Å². The van der Waals surface area contributed by atoms with E-state index in [1.807, 2.05) is 74.2 Å². The summed E-state index contributed by atoms with van der Waals surface area (Å²) in [5, 5.41) is 16.2. The first-order chi connectivity index (χ1) is 19.2. The average molecular weight is 555 g/mol. The number of anilines is 1. The van der Waals surface area contributed by atoms with Gasteiger partial charge >= 0.3 is 5.97 Å². The van der Waals surface area contributed by atoms with Crippen LogP contribution < -0.4 is 10.6 Å². The molecule has 1 saturated heterocycles. The van der Waals surface area contributed by atoms with Gasteiger partial charge < -0.3 is 25.1 Å². The van der Waals surface area contributed by atoms with Crippen molar-refractivity contribution in [1.29, 1.82) is 0 Å². The van der Waals surface area contributed by atoms with Crippen molar-refractivity contribution in [3.05, 3.63) is 107 Å². The quantitative estimate of drug-likeness (QED) is 0.229. The largest absolute Gasteiger partial charge is 0.478 e. The number of pyridine rings is 1. The Hall–Kier alpha value is -4.50. The molecule has 3 N–H and O–H groups in total. The molecule has 1 amide bonds. The number of carbonyl (C=O) groups excluding carboxylic acids is 1. The van der Waals surface area contributed by atoms with Crippen molar-refractivity contribution < 1.29 is 19.1 Å². The molecular formula is C31H30N4O4S. The molecule has 0 bridgehead atoms. The molecule has 2 aromatic carbocycles. The highest BCUT2D eigenvalue weighted by Crippen LogP contribution is 2.41. The van der Waals surface area contributed by atoms with Crippen molar-refractivity contribution in [2.24, 2.45) is 0 Å². The first-order valence-corrected chi connectivity index (χ1v) is 13.4. The Morgan fingerprint density at radius 1 is 1.05 bits per heavy atom. The number of rotatable bonds is 8. The number of benzene rings is 2. The molecular weight excluding hydrogens is 524 g/mol. The highest BCUT2D eigenvalue weighted by atomic mass is 32.1. The van der Waals surface area contributed by atoms with Gasteiger partial charge in [0.25, 0.3) is 0 Å². The number of carbonyl (C=O) groups is 2. The molecule has 2 aromatic heterocycles. The molecule has 0 aliphatic carbocycles. The maximum atomic E-state index is 13.0. The molecule has 5 rings (SSSR count). The van der Waals surface area contributed by atoms with Gasteiger partial charge in [-0.05, 0) is 92.1 Å². The third-order valence-electron chi connectivity index (χ3n) is 7.10. The summed E-state index contributed by atoms with van der Waals surface area (Å²) in [6, 6.07) is 19.8. The van der Waals surface area contributed by atoms with Crippen molar-refractivity contribution >= 4 is 34.9 Å². The SMILES string of the molecule is Cc1ccc(C)c(NC(=O)CCN2C(=S)N[C@H](c3ccccn3)[C@H]2c2ccc(-c3ccc(C(=O)O)cc3C)o2)c1. The Morgan fingerprint density at radius 3 is 2.60 bits per heavy atom. The Kier molecular flexibility index (Phi) is 7.66. The van der Waals surface area contributed by atoms with Crippen LogP contribution in [0.3, 0.4) is 0 Å². The molecule has 204 valence electrons. The summed E-state index contributed by atoms with van der Waals surface area (Å²) >= 11 is 5.73. The summed E-state index contributed by atoms with van der Waals surface area (Å²) < 4.78 is 6.38. The average Bonchev–Trinajstić information content (AvgIpc) is 3.54. The van der Waals surface area contributed by atoms with Crippen LogP contribution in [0.15, 0.2) is 77.3 Å². The molecule has 2 atom stereocenters. The van der Waals surface area contributed by atoms with E-state index in [0.29, 0.717) is 23.2 Å². The van der Waals surface area contributed by atoms with Gasteiger partial charge in [-0.25, -0.2) is 4.79 Å². The zero-order valence-corrected chi connectivity index (χ0v) is 23.3. The first kappa shape index (κ1) is 27.1. The smallest absolute Gasteiger partial charge is 0.335 e. The molecule has 3 heterocycles. The fraction of sp³-hybridized carbons (Fsp3) is 0.226. The monoisotopic (exact) mass is 554 g/mol. The second kappa shape index (κ2) is 11.3. The van der Waals surface area contributed by atoms with Crippen molar-refractivity contribution in [3.63, 3.8) is 0 Å². The molecule has 8 nitrogen and oxygen atoms in total. The van der Waals surface area contributed by atoms with E-state index in [9.17, 15) is 14.7 Å². The van der Waals surface area contributed by atoms with Gasteiger partial charge in [0.2, 0.25) is 5.91 Å². The van der Waals surface area contributed by atoms with Gasteiger partial charge in [0.05, 0.1) is 17.3 Å². The van der Waals surface area contributed by atoms with Crippen molar-refractivity contribution in [1.82, 2.24) is 15.2 Å². The molecule has 0 radical (unpaired) electrons. The lowest BCUT2D eigenvalue weighted by Crippen LogP contribution is -2.32. The number of nitrogens with one attached hydrogen (secondary N) is 2. The van der Waals surface area contributed by atoms with Gasteiger partial charge in [0, 0.05) is 30.4 Å². The Labute approximate surface area is 238 Å². The third-order valence-corrected chi connectivity index (χ3v) is 7.45. The fourth-order valence-corrected chi connectivity index (χ4v) is 5.32. The zero-order valence-electron chi connectivity index (χ0n) is 22.5. The molecule has 0 saturated carbocycles. The third kappa shape index (κ3) is 5.60. The molecule has 1 fully saturated rings. The van der Waals surface area contributed by atoms with E-state index in [1.54, 1.807) is 24.4 Å². The number of aromatic carboxylic acids is 1. The number of hydrogen-bond donors (Lipinski definition) is 3. The lowest BCUT2D eigenvalue weighted by molar-refractivity contribution is -0.116. The first-order valence-electron chi connectivity index (χ1n) is 13.0. The van der Waals surface area contributed by atoms with Gasteiger partial charge in [-0.1, -0.05) is 24.3 Å². The summed E-state index contributed by atoms with van der Waals surface area (Å²) in [5.41, 5.74) is 5.50. The predicted molar refractivity (Wildman–Crippen MR) is 157 cm³/mol. The minimum absolute atomic E-state index is 0.106. The van der Waals surface area contributed by atoms with Crippen LogP contribution in [-0.4, -0.2) is 38.5 Å². The minimum atomic E-state index is -0.976. The van der Waals surface area contributed by atoms with Gasteiger partial charge in [-0.2, -0.15) is 0 Å². The summed E-state index contributed by atoms with van der Waals surface area (Å²) in [4.78, 5) is 30.9. The standard InChI is InChI=1S/C31H30N4O4S/c1-18-7-8-19(2)24(16-18)33-27(36)13-15-35-29(28(34-31(35)40)23-6-4-5-14-32-23)26-12-11-25(39-26)22-10-9-21(30(37)38)17-20(22)3/h4-12,14,16-17,28-29H,13,15H2,1-3H3,(H,33,36)(H,34,40)(H,37,38)/t28-,29-/m1/s1. The van der Waals surface area contributed by atoms with Crippen molar-refractivity contribution in [2.75, 3.05) is 11.9 Å². The van der Waals surface area contributed by atoms with Crippen LogP contribution >= 0.6 is 12.2 Å². The maximum absolute atomic E-state index is 13.0. The van der Waals surface area contributed by atoms with E-state index < -0.39 is 5.97 Å². The summed E-state index contributed by atoms with van der Waals surface area (Å²) in [7, 11) is 0. The number of thiocarbonyl (C=S) groups is 1. The van der Waals surface area contributed by atoms with Crippen LogP contribution in [0.5, 0.6) is 0 Å². The number of hydrogen-bond acceptors (Lipinski definition) is 5. The van der Waals surface area contributed by atoms with Crippen LogP contribution in [-0.2, 0) is 4.79 Å². The Morgan fingerprint density at radius 2 is 1.88 bits per heavy atom. The number of nitrogens with zero attached hydrogens (tertiary/aromatic N) is 2. The number of aryl methyl sites for hydroxylation is 3. The summed E-state index contributed by atoms with van der Waals surface area (Å²) in [5.74, 6) is 0.200. The highest BCUT2D eigenvalue weighted by Gasteiger charge is 2.41. The Bertz CT molecular complexity index is 1580. The van der Waals surface area contributed by atoms with Crippen molar-refractivity contribution in [2.45, 2.75) is 39.3 Å². The molecule has 0 spiro atoms. The van der Waals surface area contributed by atoms with Crippen LogP contribution in [0.25, 0.3) is 11.3 Å². The van der Waals surface area contributed by atoms with E-state index in [2.05, 4.69) is 15.6 Å². The lowest BCUT2D eigenvalue weighted by atomic mass is 10.0. The number of carboxylic acids is 1. The molecule has 40 heavy (non-hydrogen) atoms. The van der Waals surface area contributed by atoms with E-state index in [-0.39, 0.29) is 30.0 Å². The minimum Gasteiger partial charge on any atom is -0.478 e. The number of carboxylic acid groups (broad SMARTS) is 1. The normalized spacial score (nSPS) is 16.6. The summed E-state index contributed by atoms with van der Waals surface area (Å²) in [6.07, 6.45) is 1.96. The second-order valence-corrected chi connectivity index (χ2v) is 10.4. The van der Waals surface area contributed by atoms with Gasteiger partial charge in [0.1, 0.15) is 17.6 Å². The fourth-order valence-electron chi connectivity index (χ4n) is 4.99. The number of amides is 1. The molecule has 0 unspecified atom stereocenters. The molecule has 9 heteroatoms. The molecule has 1 aliphatic rings. The van der Waals surface area contributed by atoms with Gasteiger partial charge in [-0.15, -0.1) is 0 Å². The topological polar surface area (TPSA) is 108 Å². The maximum Gasteiger partial charge on any atom is 0.335 e. The van der Waals surface area contributed by atoms with Crippen LogP contribution in [0, 0.1) is 20.8 Å². The van der Waals surface area contributed by atoms with Crippen LogP contribution in [0.4, 0.5) is 5.69 Å². The van der Waals surface area contributed by atoms with Gasteiger partial charge in [-0.3, -0.25) is 9.78 Å². The predicted octanol–water partition coefficient (Wildman–Crippen LogP) is 5.97. The van der Waals surface area contributed by atoms with Crippen LogP contribution in [0.1, 0.15) is 57.0 Å². The number of aromatic nitrogens is 1. The zero-order chi connectivity index (χ0) is 28.4. The molecule has 4 aromatic rings. The van der Waals surface area contributed by atoms with Crippen LogP contribution in [0.2, 0.25) is 0 Å². The van der Waals surface area contributed by atoms with Crippen molar-refractivity contribution in [3.8, 4) is 11.3 Å². The second-order valence-electron chi connectivity index (χ2n) is 9.97. The van der Waals surface area contributed by atoms with E-state index in [1.165, 1.54) is 0 Å². The molecule has 1 aliphatic heterocycles. The van der Waals surface area contributed by atoms with E-state index >= 15 is 0 Å². The Balaban J connectivity index is 1.41. The summed E-state index contributed by atoms with van der Waals surface area (Å²) in [6.45, 7) is 6.19. The number of furan rings is 1. The van der Waals surface area contributed by atoms with E-state index in [0.717, 1.165) is 33.6 Å². The van der Waals surface area contributed by atoms with Gasteiger partial charge in [0.15, 0.2) is 5.11 Å².